The highest BCUT2D eigenvalue weighted by molar-refractivity contribution is 6.03. The fraction of sp³-hybridized carbons (Fsp3) is 0.191. The van der Waals surface area contributed by atoms with Gasteiger partial charge in [-0.1, -0.05) is 151 Å². The number of hydrogen-bond acceptors (Lipinski definition) is 1. The lowest BCUT2D eigenvalue weighted by molar-refractivity contribution is 0.390. The molecule has 8 rings (SSSR count). The van der Waals surface area contributed by atoms with E-state index in [1.165, 1.54) is 60.8 Å². The Labute approximate surface area is 285 Å². The van der Waals surface area contributed by atoms with Gasteiger partial charge >= 0.3 is 0 Å². The number of fused-ring (bicyclic) bond motifs is 4. The molecule has 0 spiro atoms. The maximum absolute atomic E-state index is 3.97. The van der Waals surface area contributed by atoms with Crippen molar-refractivity contribution >= 4 is 27.2 Å². The van der Waals surface area contributed by atoms with Crippen molar-refractivity contribution in [3.05, 3.63) is 198 Å². The first-order chi connectivity index (χ1) is 23.8. The summed E-state index contributed by atoms with van der Waals surface area (Å²) >= 11 is 0. The smallest absolute Gasteiger partial charge is 0.0557 e. The van der Waals surface area contributed by atoms with Crippen LogP contribution >= 0.6 is 0 Å². The van der Waals surface area contributed by atoms with Crippen LogP contribution in [-0.4, -0.2) is 10.9 Å². The summed E-state index contributed by atoms with van der Waals surface area (Å²) in [7, 11) is 0. The minimum Gasteiger partial charge on any atom is -0.337 e. The highest BCUT2D eigenvalue weighted by atomic mass is 15.2. The van der Waals surface area contributed by atoms with Gasteiger partial charge in [-0.3, -0.25) is 0 Å². The lowest BCUT2D eigenvalue weighted by Crippen LogP contribution is -2.36. The zero-order valence-corrected chi connectivity index (χ0v) is 27.6. The predicted molar refractivity (Wildman–Crippen MR) is 206 cm³/mol. The molecule has 4 aromatic rings. The number of unbranched alkanes of at least 4 members (excludes halogenated alkanes) is 1. The Hall–Kier alpha value is -5.14. The van der Waals surface area contributed by atoms with E-state index < -0.39 is 0 Å². The largest absolute Gasteiger partial charge is 0.337 e. The molecule has 3 atom stereocenters. The summed E-state index contributed by atoms with van der Waals surface area (Å²) in [4.78, 5) is 2.69. The van der Waals surface area contributed by atoms with Crippen LogP contribution in [0.3, 0.4) is 0 Å². The first-order valence-corrected chi connectivity index (χ1v) is 17.7. The molecule has 0 aliphatic heterocycles. The van der Waals surface area contributed by atoms with Gasteiger partial charge in [-0.05, 0) is 88.9 Å². The van der Waals surface area contributed by atoms with Gasteiger partial charge in [-0.2, -0.15) is 0 Å². The minimum absolute atomic E-state index is 0.197. The molecule has 0 saturated carbocycles. The molecule has 4 aromatic carbocycles. The molecule has 0 fully saturated rings. The van der Waals surface area contributed by atoms with Gasteiger partial charge in [-0.25, -0.2) is 0 Å². The third kappa shape index (κ3) is 5.69. The molecule has 48 heavy (non-hydrogen) atoms. The average Bonchev–Trinajstić information content (AvgIpc) is 3.15. The average molecular weight is 622 g/mol. The van der Waals surface area contributed by atoms with Gasteiger partial charge in [-0.15, -0.1) is 6.58 Å². The quantitative estimate of drug-likeness (QED) is 0.102. The van der Waals surface area contributed by atoms with Crippen molar-refractivity contribution in [1.29, 1.82) is 0 Å². The molecule has 3 unspecified atom stereocenters. The van der Waals surface area contributed by atoms with Gasteiger partial charge in [0.25, 0.3) is 0 Å². The Morgan fingerprint density at radius 1 is 0.792 bits per heavy atom. The summed E-state index contributed by atoms with van der Waals surface area (Å²) in [5.41, 5.74) is 9.97. The molecule has 4 aliphatic rings. The Balaban J connectivity index is 1.27. The summed E-state index contributed by atoms with van der Waals surface area (Å²) in [6, 6.07) is 29.6. The van der Waals surface area contributed by atoms with Gasteiger partial charge < -0.3 is 4.90 Å². The van der Waals surface area contributed by atoms with E-state index in [2.05, 4.69) is 163 Å². The van der Waals surface area contributed by atoms with Crippen LogP contribution in [0, 0.1) is 5.92 Å². The van der Waals surface area contributed by atoms with Crippen LogP contribution in [0.2, 0.25) is 0 Å². The lowest BCUT2D eigenvalue weighted by Gasteiger charge is -2.42. The van der Waals surface area contributed by atoms with Crippen molar-refractivity contribution in [2.75, 3.05) is 0 Å². The van der Waals surface area contributed by atoms with Crippen LogP contribution in [0.5, 0.6) is 0 Å². The summed E-state index contributed by atoms with van der Waals surface area (Å²) in [5, 5.41) is 5.31. The first-order valence-electron chi connectivity index (χ1n) is 17.7. The van der Waals surface area contributed by atoms with Crippen LogP contribution in [0.1, 0.15) is 54.7 Å². The molecular weight excluding hydrogens is 579 g/mol. The number of allylic oxidation sites excluding steroid dienone is 14. The normalized spacial score (nSPS) is 20.5. The number of benzene rings is 4. The molecule has 0 aromatic heterocycles. The lowest BCUT2D eigenvalue weighted by atomic mass is 9.77. The van der Waals surface area contributed by atoms with Crippen LogP contribution in [0.4, 0.5) is 0 Å². The minimum atomic E-state index is 0.197. The van der Waals surface area contributed by atoms with Crippen LogP contribution in [0.25, 0.3) is 27.2 Å². The highest BCUT2D eigenvalue weighted by Crippen LogP contribution is 2.46. The van der Waals surface area contributed by atoms with Crippen molar-refractivity contribution in [2.45, 2.75) is 50.5 Å². The molecule has 0 saturated heterocycles. The van der Waals surface area contributed by atoms with E-state index in [-0.39, 0.29) is 12.0 Å². The molecule has 0 heterocycles. The molecule has 0 N–H and O–H groups in total. The molecule has 1 heteroatoms. The Morgan fingerprint density at radius 3 is 2.31 bits per heavy atom. The molecule has 1 nitrogen and oxygen atoms in total. The Morgan fingerprint density at radius 2 is 1.56 bits per heavy atom. The van der Waals surface area contributed by atoms with Gasteiger partial charge in [0.2, 0.25) is 0 Å². The predicted octanol–water partition coefficient (Wildman–Crippen LogP) is 12.1. The maximum Gasteiger partial charge on any atom is 0.0557 e. The second kappa shape index (κ2) is 13.5. The van der Waals surface area contributed by atoms with Crippen molar-refractivity contribution in [3.8, 4) is 0 Å². The molecule has 0 radical (unpaired) electrons. The van der Waals surface area contributed by atoms with E-state index in [9.17, 15) is 0 Å². The topological polar surface area (TPSA) is 3.24 Å². The van der Waals surface area contributed by atoms with E-state index in [1.807, 2.05) is 6.08 Å². The van der Waals surface area contributed by atoms with Gasteiger partial charge in [0.1, 0.15) is 0 Å². The van der Waals surface area contributed by atoms with E-state index >= 15 is 0 Å². The second-order valence-corrected chi connectivity index (χ2v) is 13.4. The first kappa shape index (κ1) is 30.2. The van der Waals surface area contributed by atoms with Crippen molar-refractivity contribution < 1.29 is 0 Å². The third-order valence-electron chi connectivity index (χ3n) is 10.5. The van der Waals surface area contributed by atoms with Gasteiger partial charge in [0.05, 0.1) is 11.7 Å². The zero-order valence-electron chi connectivity index (χ0n) is 27.6. The van der Waals surface area contributed by atoms with E-state index in [0.29, 0.717) is 5.92 Å². The van der Waals surface area contributed by atoms with Crippen molar-refractivity contribution in [3.63, 3.8) is 0 Å². The number of nitrogens with zero attached hydrogens (tertiary/aromatic N) is 1. The van der Waals surface area contributed by atoms with Crippen LogP contribution in [-0.2, 0) is 6.42 Å². The van der Waals surface area contributed by atoms with Crippen molar-refractivity contribution in [1.82, 2.24) is 4.90 Å². The monoisotopic (exact) mass is 621 g/mol. The van der Waals surface area contributed by atoms with Crippen molar-refractivity contribution in [2.24, 2.45) is 5.92 Å². The standard InChI is InChI=1S/C47H43N/c1-2-3-4-8-23-41(46-42-24-13-9-17-35(42)32-36-18-10-14-25-43(36)46)34-28-30-40(31-29-34)48(39-21-6-5-7-22-39)47-44-26-15-11-19-37(44)33-38-20-12-16-27-45(38)47/h2,5-21,23-28,30,32,37,39,41H,1,3-4,22,29,31,33H2. The summed E-state index contributed by atoms with van der Waals surface area (Å²) < 4.78 is 0. The number of hydrogen-bond donors (Lipinski definition) is 0. The molecule has 4 aliphatic carbocycles. The summed E-state index contributed by atoms with van der Waals surface area (Å²) in [6.45, 7) is 3.97. The summed E-state index contributed by atoms with van der Waals surface area (Å²) in [6.07, 6.45) is 36.2. The Bertz CT molecular complexity index is 2070. The van der Waals surface area contributed by atoms with Gasteiger partial charge in [0.15, 0.2) is 0 Å². The zero-order chi connectivity index (χ0) is 32.3. The van der Waals surface area contributed by atoms with E-state index in [0.717, 1.165) is 38.5 Å². The van der Waals surface area contributed by atoms with Crippen LogP contribution in [0.15, 0.2) is 181 Å². The highest BCUT2D eigenvalue weighted by Gasteiger charge is 2.33. The third-order valence-corrected chi connectivity index (χ3v) is 10.5. The fourth-order valence-electron chi connectivity index (χ4n) is 8.23. The molecule has 0 bridgehead atoms. The number of rotatable bonds is 9. The summed E-state index contributed by atoms with van der Waals surface area (Å²) in [5.74, 6) is 0.605. The molecular formula is C47H43N. The maximum atomic E-state index is 3.97. The molecule has 0 amide bonds. The van der Waals surface area contributed by atoms with Gasteiger partial charge in [0, 0.05) is 23.1 Å². The van der Waals surface area contributed by atoms with E-state index in [4.69, 9.17) is 0 Å². The molecule has 236 valence electrons. The van der Waals surface area contributed by atoms with Crippen LogP contribution < -0.4 is 0 Å². The van der Waals surface area contributed by atoms with E-state index in [1.54, 1.807) is 0 Å². The fourth-order valence-corrected chi connectivity index (χ4v) is 8.23. The second-order valence-electron chi connectivity index (χ2n) is 13.4. The Kier molecular flexibility index (Phi) is 8.52. The SMILES string of the molecule is C=CCCC=CC(C1=CC=C(N(C2=C3C=CC=CC3Cc3ccccc32)C2C=CC=CC2)CC1)c1c2ccccc2cc2ccccc12.